The highest BCUT2D eigenvalue weighted by Gasteiger charge is 2.23. The number of rotatable bonds is 4. The highest BCUT2D eigenvalue weighted by atomic mass is 19.2. The summed E-state index contributed by atoms with van der Waals surface area (Å²) in [6.45, 7) is 1.88. The van der Waals surface area contributed by atoms with Crippen molar-refractivity contribution in [1.29, 1.82) is 0 Å². The Labute approximate surface area is 163 Å². The maximum atomic E-state index is 13.6. The minimum Gasteiger partial charge on any atom is -0.479 e. The van der Waals surface area contributed by atoms with Gasteiger partial charge in [-0.3, -0.25) is 9.83 Å². The highest BCUT2D eigenvalue weighted by molar-refractivity contribution is 5.97. The van der Waals surface area contributed by atoms with Crippen molar-refractivity contribution in [1.82, 2.24) is 20.0 Å². The van der Waals surface area contributed by atoms with Gasteiger partial charge in [0.1, 0.15) is 24.0 Å². The number of halogens is 3. The summed E-state index contributed by atoms with van der Waals surface area (Å²) in [5, 5.41) is 0. The topological polar surface area (TPSA) is 73.6 Å². The molecule has 0 aliphatic carbocycles. The first-order valence-electron chi connectivity index (χ1n) is 8.62. The maximum absolute atomic E-state index is 13.6. The van der Waals surface area contributed by atoms with Gasteiger partial charge in [0.15, 0.2) is 23.3 Å². The standard InChI is InChI=1S/C19H16F3N5O2/c1-10-7-27(9-23-10)16-4-3-14(25-19(16)28-2)18-24-15(8-29-26-18)11-5-12(20)17(22)13(21)6-11/h3-7,9,15H,8H2,1-2H3,(H,24,26). The number of hydrogen-bond acceptors (Lipinski definition) is 6. The highest BCUT2D eigenvalue weighted by Crippen LogP contribution is 2.26. The molecule has 0 radical (unpaired) electrons. The monoisotopic (exact) mass is 403 g/mol. The quantitative estimate of drug-likeness (QED) is 0.678. The Hall–Kier alpha value is -3.40. The van der Waals surface area contributed by atoms with Crippen LogP contribution in [0.15, 0.2) is 41.8 Å². The molecule has 1 aliphatic rings. The molecule has 0 spiro atoms. The van der Waals surface area contributed by atoms with Gasteiger partial charge in [-0.05, 0) is 36.8 Å². The predicted molar refractivity (Wildman–Crippen MR) is 97.3 cm³/mol. The third-order valence-electron chi connectivity index (χ3n) is 4.35. The predicted octanol–water partition coefficient (Wildman–Crippen LogP) is 3.02. The zero-order chi connectivity index (χ0) is 20.5. The average molecular weight is 403 g/mol. The molecule has 7 nitrogen and oxygen atoms in total. The number of aliphatic imine (C=N–C) groups is 1. The summed E-state index contributed by atoms with van der Waals surface area (Å²) in [5.41, 5.74) is 4.70. The molecule has 0 fully saturated rings. The Morgan fingerprint density at radius 3 is 2.62 bits per heavy atom. The lowest BCUT2D eigenvalue weighted by Crippen LogP contribution is -2.33. The Bertz CT molecular complexity index is 1080. The van der Waals surface area contributed by atoms with Crippen molar-refractivity contribution in [3.05, 3.63) is 71.2 Å². The fourth-order valence-corrected chi connectivity index (χ4v) is 2.93. The zero-order valence-electron chi connectivity index (χ0n) is 15.5. The Kier molecular flexibility index (Phi) is 4.93. The molecule has 1 atom stereocenters. The van der Waals surface area contributed by atoms with Gasteiger partial charge in [-0.2, -0.15) is 0 Å². The van der Waals surface area contributed by atoms with Gasteiger partial charge in [0.2, 0.25) is 5.88 Å². The van der Waals surface area contributed by atoms with Gasteiger partial charge in [0, 0.05) is 6.20 Å². The first-order chi connectivity index (χ1) is 14.0. The first kappa shape index (κ1) is 18.9. The van der Waals surface area contributed by atoms with E-state index in [1.807, 2.05) is 13.1 Å². The number of hydrogen-bond donors (Lipinski definition) is 1. The molecule has 29 heavy (non-hydrogen) atoms. The third-order valence-corrected chi connectivity index (χ3v) is 4.35. The largest absolute Gasteiger partial charge is 0.479 e. The van der Waals surface area contributed by atoms with Crippen LogP contribution in [-0.4, -0.2) is 34.1 Å². The van der Waals surface area contributed by atoms with E-state index in [2.05, 4.69) is 20.4 Å². The van der Waals surface area contributed by atoms with E-state index in [1.165, 1.54) is 7.11 Å². The van der Waals surface area contributed by atoms with Crippen LogP contribution in [0.5, 0.6) is 5.88 Å². The summed E-state index contributed by atoms with van der Waals surface area (Å²) in [6.07, 6.45) is 3.47. The SMILES string of the molecule is COc1nc(C2=NC(c3cc(F)c(F)c(F)c3)CON2)ccc1-n1cnc(C)c1. The van der Waals surface area contributed by atoms with Crippen molar-refractivity contribution in [3.8, 4) is 11.6 Å². The molecule has 1 aliphatic heterocycles. The molecule has 0 saturated heterocycles. The maximum Gasteiger partial charge on any atom is 0.238 e. The van der Waals surface area contributed by atoms with Gasteiger partial charge in [0.25, 0.3) is 0 Å². The molecule has 4 rings (SSSR count). The molecule has 3 heterocycles. The smallest absolute Gasteiger partial charge is 0.238 e. The number of amidine groups is 1. The van der Waals surface area contributed by atoms with Crippen LogP contribution in [0, 0.1) is 24.4 Å². The minimum atomic E-state index is -1.52. The second kappa shape index (κ2) is 7.55. The van der Waals surface area contributed by atoms with Crippen molar-refractivity contribution in [2.45, 2.75) is 13.0 Å². The van der Waals surface area contributed by atoms with E-state index in [4.69, 9.17) is 9.57 Å². The first-order valence-corrected chi connectivity index (χ1v) is 8.62. The van der Waals surface area contributed by atoms with E-state index in [0.29, 0.717) is 17.3 Å². The van der Waals surface area contributed by atoms with Crippen molar-refractivity contribution in [2.24, 2.45) is 4.99 Å². The molecule has 3 aromatic rings. The van der Waals surface area contributed by atoms with Crippen molar-refractivity contribution in [3.63, 3.8) is 0 Å². The third kappa shape index (κ3) is 3.66. The molecule has 150 valence electrons. The van der Waals surface area contributed by atoms with Crippen LogP contribution in [0.3, 0.4) is 0 Å². The molecule has 0 saturated carbocycles. The van der Waals surface area contributed by atoms with Crippen LogP contribution < -0.4 is 10.2 Å². The summed E-state index contributed by atoms with van der Waals surface area (Å²) in [5.74, 6) is -3.52. The van der Waals surface area contributed by atoms with E-state index >= 15 is 0 Å². The van der Waals surface area contributed by atoms with Crippen LogP contribution in [0.1, 0.15) is 23.0 Å². The van der Waals surface area contributed by atoms with Gasteiger partial charge in [0.05, 0.1) is 19.1 Å². The van der Waals surface area contributed by atoms with E-state index in [0.717, 1.165) is 17.8 Å². The molecular weight excluding hydrogens is 387 g/mol. The number of nitrogens with zero attached hydrogens (tertiary/aromatic N) is 4. The van der Waals surface area contributed by atoms with Gasteiger partial charge in [-0.15, -0.1) is 0 Å². The lowest BCUT2D eigenvalue weighted by Gasteiger charge is -2.22. The van der Waals surface area contributed by atoms with Crippen LogP contribution in [-0.2, 0) is 4.84 Å². The molecular formula is C19H16F3N5O2. The summed E-state index contributed by atoms with van der Waals surface area (Å²) >= 11 is 0. The van der Waals surface area contributed by atoms with Crippen molar-refractivity contribution >= 4 is 5.84 Å². The van der Waals surface area contributed by atoms with Gasteiger partial charge in [-0.25, -0.2) is 28.6 Å². The molecule has 1 N–H and O–H groups in total. The normalized spacial score (nSPS) is 16.3. The molecule has 0 bridgehead atoms. The van der Waals surface area contributed by atoms with Crippen LogP contribution in [0.2, 0.25) is 0 Å². The molecule has 10 heteroatoms. The van der Waals surface area contributed by atoms with Crippen LogP contribution >= 0.6 is 0 Å². The van der Waals surface area contributed by atoms with E-state index in [1.54, 1.807) is 23.0 Å². The lowest BCUT2D eigenvalue weighted by molar-refractivity contribution is 0.0619. The fourth-order valence-electron chi connectivity index (χ4n) is 2.93. The van der Waals surface area contributed by atoms with Crippen LogP contribution in [0.25, 0.3) is 5.69 Å². The Balaban J connectivity index is 1.69. The van der Waals surface area contributed by atoms with E-state index in [9.17, 15) is 13.2 Å². The number of benzene rings is 1. The van der Waals surface area contributed by atoms with Gasteiger partial charge < -0.3 is 9.30 Å². The van der Waals surface area contributed by atoms with Crippen LogP contribution in [0.4, 0.5) is 13.2 Å². The number of imidazole rings is 1. The number of ether oxygens (including phenoxy) is 1. The molecule has 0 amide bonds. The lowest BCUT2D eigenvalue weighted by atomic mass is 10.1. The minimum absolute atomic E-state index is 0.0115. The summed E-state index contributed by atoms with van der Waals surface area (Å²) in [4.78, 5) is 18.3. The number of pyridine rings is 1. The van der Waals surface area contributed by atoms with Gasteiger partial charge in [-0.1, -0.05) is 0 Å². The number of hydroxylamine groups is 1. The summed E-state index contributed by atoms with van der Waals surface area (Å²) in [6, 6.07) is 4.53. The fraction of sp³-hybridized carbons (Fsp3) is 0.211. The molecule has 2 aromatic heterocycles. The van der Waals surface area contributed by atoms with E-state index in [-0.39, 0.29) is 18.0 Å². The Morgan fingerprint density at radius 2 is 1.97 bits per heavy atom. The molecule has 1 aromatic carbocycles. The summed E-state index contributed by atoms with van der Waals surface area (Å²) < 4.78 is 47.5. The number of aryl methyl sites for hydroxylation is 1. The average Bonchev–Trinajstić information content (AvgIpc) is 3.17. The molecule has 1 unspecified atom stereocenters. The zero-order valence-corrected chi connectivity index (χ0v) is 15.5. The Morgan fingerprint density at radius 1 is 1.21 bits per heavy atom. The van der Waals surface area contributed by atoms with Crippen molar-refractivity contribution < 1.29 is 22.7 Å². The summed E-state index contributed by atoms with van der Waals surface area (Å²) in [7, 11) is 1.49. The van der Waals surface area contributed by atoms with Gasteiger partial charge >= 0.3 is 0 Å². The second-order valence-electron chi connectivity index (χ2n) is 6.35. The van der Waals surface area contributed by atoms with E-state index < -0.39 is 23.5 Å². The number of aromatic nitrogens is 3. The van der Waals surface area contributed by atoms with Crippen molar-refractivity contribution in [2.75, 3.05) is 13.7 Å². The number of methoxy groups -OCH3 is 1. The second-order valence-corrected chi connectivity index (χ2v) is 6.35. The number of nitrogens with one attached hydrogen (secondary N) is 1.